The summed E-state index contributed by atoms with van der Waals surface area (Å²) >= 11 is 0. The van der Waals surface area contributed by atoms with Crippen molar-refractivity contribution in [1.82, 2.24) is 0 Å². The highest BCUT2D eigenvalue weighted by molar-refractivity contribution is 5.92. The van der Waals surface area contributed by atoms with Crippen molar-refractivity contribution >= 4 is 22.9 Å². The number of ether oxygens (including phenoxy) is 1. The van der Waals surface area contributed by atoms with Gasteiger partial charge in [-0.15, -0.1) is 0 Å². The van der Waals surface area contributed by atoms with Crippen molar-refractivity contribution < 1.29 is 4.74 Å². The molecule has 1 aliphatic carbocycles. The average molecular weight is 298 g/mol. The lowest BCUT2D eigenvalue weighted by molar-refractivity contribution is 0.341. The maximum Gasteiger partial charge on any atom is 0.0830 e. The largest absolute Gasteiger partial charge is 0.504 e. The molecule has 1 nitrogen and oxygen atoms in total. The Morgan fingerprint density at radius 1 is 0.957 bits per heavy atom. The van der Waals surface area contributed by atoms with E-state index in [1.54, 1.807) is 13.4 Å². The zero-order valence-electron chi connectivity index (χ0n) is 13.1. The van der Waals surface area contributed by atoms with Crippen LogP contribution in [0.15, 0.2) is 66.9 Å². The molecular weight excluding hydrogens is 280 g/mol. The van der Waals surface area contributed by atoms with E-state index in [1.807, 2.05) is 6.08 Å². The van der Waals surface area contributed by atoms with Gasteiger partial charge in [-0.3, -0.25) is 0 Å². The fourth-order valence-corrected chi connectivity index (χ4v) is 3.20. The van der Waals surface area contributed by atoms with Gasteiger partial charge in [0.15, 0.2) is 0 Å². The summed E-state index contributed by atoms with van der Waals surface area (Å²) in [5.74, 6) is 0. The zero-order valence-corrected chi connectivity index (χ0v) is 13.1. The first-order valence-electron chi connectivity index (χ1n) is 7.87. The molecule has 0 saturated heterocycles. The minimum Gasteiger partial charge on any atom is -0.504 e. The van der Waals surface area contributed by atoms with E-state index in [2.05, 4.69) is 66.7 Å². The molecule has 0 unspecified atom stereocenters. The van der Waals surface area contributed by atoms with Gasteiger partial charge in [0, 0.05) is 0 Å². The van der Waals surface area contributed by atoms with Gasteiger partial charge in [-0.25, -0.2) is 0 Å². The van der Waals surface area contributed by atoms with E-state index in [4.69, 9.17) is 4.74 Å². The van der Waals surface area contributed by atoms with Crippen molar-refractivity contribution in [3.05, 3.63) is 83.6 Å². The lowest BCUT2D eigenvalue weighted by Crippen LogP contribution is -1.88. The molecule has 0 radical (unpaired) electrons. The topological polar surface area (TPSA) is 9.23 Å². The van der Waals surface area contributed by atoms with Gasteiger partial charge in [0.05, 0.1) is 13.4 Å². The summed E-state index contributed by atoms with van der Waals surface area (Å²) in [5.41, 5.74) is 6.39. The highest BCUT2D eigenvalue weighted by atomic mass is 16.5. The van der Waals surface area contributed by atoms with Gasteiger partial charge in [0.25, 0.3) is 0 Å². The van der Waals surface area contributed by atoms with Crippen LogP contribution in [0, 0.1) is 0 Å². The van der Waals surface area contributed by atoms with Gasteiger partial charge in [-0.1, -0.05) is 48.6 Å². The molecule has 4 rings (SSSR count). The molecule has 0 amide bonds. The molecule has 1 heteroatoms. The molecule has 0 bridgehead atoms. The molecule has 112 valence electrons. The Hall–Kier alpha value is -2.80. The van der Waals surface area contributed by atoms with E-state index in [0.29, 0.717) is 0 Å². The smallest absolute Gasteiger partial charge is 0.0830 e. The third-order valence-corrected chi connectivity index (χ3v) is 4.39. The van der Waals surface area contributed by atoms with Crippen LogP contribution in [0.5, 0.6) is 0 Å². The van der Waals surface area contributed by atoms with Crippen LogP contribution in [0.4, 0.5) is 0 Å². The fourth-order valence-electron chi connectivity index (χ4n) is 3.20. The van der Waals surface area contributed by atoms with E-state index in [0.717, 1.165) is 6.42 Å². The third kappa shape index (κ3) is 2.55. The molecule has 0 aliphatic heterocycles. The molecule has 1 aliphatic rings. The summed E-state index contributed by atoms with van der Waals surface area (Å²) in [6.07, 6.45) is 9.25. The van der Waals surface area contributed by atoms with Gasteiger partial charge >= 0.3 is 0 Å². The Labute approximate surface area is 136 Å². The molecule has 0 atom stereocenters. The SMILES string of the molecule is COC=Cc1cc2ccccc2cc1-c1ccc2c(c1)C=CC2. The summed E-state index contributed by atoms with van der Waals surface area (Å²) in [7, 11) is 1.68. The van der Waals surface area contributed by atoms with Crippen LogP contribution in [0.25, 0.3) is 34.1 Å². The quantitative estimate of drug-likeness (QED) is 0.564. The van der Waals surface area contributed by atoms with Gasteiger partial charge in [-0.2, -0.15) is 0 Å². The Morgan fingerprint density at radius 2 is 1.78 bits per heavy atom. The minimum atomic E-state index is 1.05. The van der Waals surface area contributed by atoms with Gasteiger partial charge in [-0.05, 0) is 69.3 Å². The van der Waals surface area contributed by atoms with Crippen LogP contribution in [-0.2, 0) is 11.2 Å². The first kappa shape index (κ1) is 13.8. The highest BCUT2D eigenvalue weighted by Crippen LogP contribution is 2.32. The lowest BCUT2D eigenvalue weighted by atomic mass is 9.93. The Morgan fingerprint density at radius 3 is 2.61 bits per heavy atom. The van der Waals surface area contributed by atoms with Crippen molar-refractivity contribution in [2.24, 2.45) is 0 Å². The molecule has 0 saturated carbocycles. The van der Waals surface area contributed by atoms with E-state index in [-0.39, 0.29) is 0 Å². The van der Waals surface area contributed by atoms with Crippen LogP contribution in [-0.4, -0.2) is 7.11 Å². The second-order valence-corrected chi connectivity index (χ2v) is 5.85. The molecule has 3 aromatic rings. The van der Waals surface area contributed by atoms with Gasteiger partial charge in [0.2, 0.25) is 0 Å². The molecule has 0 fully saturated rings. The summed E-state index contributed by atoms with van der Waals surface area (Å²) in [6, 6.07) is 19.7. The number of fused-ring (bicyclic) bond motifs is 2. The highest BCUT2D eigenvalue weighted by Gasteiger charge is 2.10. The van der Waals surface area contributed by atoms with Crippen LogP contribution >= 0.6 is 0 Å². The number of allylic oxidation sites excluding steroid dienone is 1. The molecular formula is C22H18O. The predicted molar refractivity (Wildman–Crippen MR) is 98.2 cm³/mol. The first-order chi connectivity index (χ1) is 11.3. The number of methoxy groups -OCH3 is 1. The summed E-state index contributed by atoms with van der Waals surface area (Å²) in [4.78, 5) is 0. The first-order valence-corrected chi connectivity index (χ1v) is 7.87. The van der Waals surface area contributed by atoms with E-state index >= 15 is 0 Å². The number of hydrogen-bond donors (Lipinski definition) is 0. The lowest BCUT2D eigenvalue weighted by Gasteiger charge is -2.11. The van der Waals surface area contributed by atoms with Crippen molar-refractivity contribution in [2.45, 2.75) is 6.42 Å². The molecule has 3 aromatic carbocycles. The summed E-state index contributed by atoms with van der Waals surface area (Å²) in [6.45, 7) is 0. The van der Waals surface area contributed by atoms with Crippen molar-refractivity contribution in [2.75, 3.05) is 7.11 Å². The van der Waals surface area contributed by atoms with Crippen LogP contribution in [0.1, 0.15) is 16.7 Å². The van der Waals surface area contributed by atoms with Gasteiger partial charge < -0.3 is 4.74 Å². The maximum absolute atomic E-state index is 5.13. The van der Waals surface area contributed by atoms with E-state index in [9.17, 15) is 0 Å². The molecule has 0 N–H and O–H groups in total. The van der Waals surface area contributed by atoms with Crippen LogP contribution in [0.2, 0.25) is 0 Å². The summed E-state index contributed by atoms with van der Waals surface area (Å²) < 4.78 is 5.13. The van der Waals surface area contributed by atoms with Crippen molar-refractivity contribution in [1.29, 1.82) is 0 Å². The van der Waals surface area contributed by atoms with Crippen LogP contribution in [0.3, 0.4) is 0 Å². The van der Waals surface area contributed by atoms with Crippen molar-refractivity contribution in [3.8, 4) is 11.1 Å². The third-order valence-electron chi connectivity index (χ3n) is 4.39. The summed E-state index contributed by atoms with van der Waals surface area (Å²) in [5, 5.41) is 2.50. The molecule has 0 heterocycles. The zero-order chi connectivity index (χ0) is 15.6. The maximum atomic E-state index is 5.13. The Kier molecular flexibility index (Phi) is 3.47. The number of benzene rings is 3. The molecule has 0 aromatic heterocycles. The van der Waals surface area contributed by atoms with Crippen molar-refractivity contribution in [3.63, 3.8) is 0 Å². The average Bonchev–Trinajstić information content (AvgIpc) is 3.06. The van der Waals surface area contributed by atoms with Gasteiger partial charge in [0.1, 0.15) is 0 Å². The van der Waals surface area contributed by atoms with E-state index in [1.165, 1.54) is 38.6 Å². The minimum absolute atomic E-state index is 1.05. The number of rotatable bonds is 3. The monoisotopic (exact) mass is 298 g/mol. The van der Waals surface area contributed by atoms with E-state index < -0.39 is 0 Å². The second kappa shape index (κ2) is 5.77. The normalized spacial score (nSPS) is 12.9. The second-order valence-electron chi connectivity index (χ2n) is 5.85. The molecule has 0 spiro atoms. The van der Waals surface area contributed by atoms with Crippen LogP contribution < -0.4 is 0 Å². The number of hydrogen-bond acceptors (Lipinski definition) is 1. The predicted octanol–water partition coefficient (Wildman–Crippen LogP) is 5.69. The Balaban J connectivity index is 1.93. The Bertz CT molecular complexity index is 932. The standard InChI is InChI=1S/C22H18O/c1-23-12-11-21-14-18-5-2-3-6-19(18)15-22(21)20-10-9-16-7-4-8-17(16)13-20/h2-6,8-15H,7H2,1H3. The molecule has 23 heavy (non-hydrogen) atoms. The fraction of sp³-hybridized carbons (Fsp3) is 0.0909.